The Balaban J connectivity index is 1.81. The van der Waals surface area contributed by atoms with Gasteiger partial charge in [-0.25, -0.2) is 0 Å². The fraction of sp³-hybridized carbons (Fsp3) is 0.280. The van der Waals surface area contributed by atoms with Crippen LogP contribution in [0.25, 0.3) is 0 Å². The molecule has 3 aromatic rings. The van der Waals surface area contributed by atoms with Gasteiger partial charge in [0.05, 0.1) is 18.8 Å². The zero-order valence-corrected chi connectivity index (χ0v) is 15.8. The van der Waals surface area contributed by atoms with Crippen molar-refractivity contribution in [1.82, 2.24) is 0 Å². The molecule has 3 heteroatoms. The van der Waals surface area contributed by atoms with Gasteiger partial charge in [-0.15, -0.1) is 0 Å². The summed E-state index contributed by atoms with van der Waals surface area (Å²) in [5, 5.41) is 20.3. The summed E-state index contributed by atoms with van der Waals surface area (Å²) in [7, 11) is 0. The van der Waals surface area contributed by atoms with E-state index in [1.165, 1.54) is 0 Å². The molecule has 0 bridgehead atoms. The molecule has 144 valence electrons. The van der Waals surface area contributed by atoms with Gasteiger partial charge in [0.1, 0.15) is 5.60 Å². The molecule has 3 aromatic carbocycles. The summed E-state index contributed by atoms with van der Waals surface area (Å²) in [6.45, 7) is 0.372. The predicted molar refractivity (Wildman–Crippen MR) is 110 cm³/mol. The highest BCUT2D eigenvalue weighted by molar-refractivity contribution is 5.47. The molecule has 0 heterocycles. The number of aliphatic hydroxyl groups is 2. The van der Waals surface area contributed by atoms with Gasteiger partial charge in [-0.3, -0.25) is 0 Å². The largest absolute Gasteiger partial charge is 0.393 e. The van der Waals surface area contributed by atoms with Crippen LogP contribution in [0.3, 0.4) is 0 Å². The van der Waals surface area contributed by atoms with Gasteiger partial charge < -0.3 is 14.9 Å². The van der Waals surface area contributed by atoms with Crippen LogP contribution in [0.2, 0.25) is 0 Å². The Bertz CT molecular complexity index is 767. The number of benzene rings is 3. The van der Waals surface area contributed by atoms with Gasteiger partial charge in [0, 0.05) is 5.92 Å². The summed E-state index contributed by atoms with van der Waals surface area (Å²) >= 11 is 0. The molecular formula is C25H26O3. The zero-order chi connectivity index (χ0) is 19.4. The van der Waals surface area contributed by atoms with Crippen LogP contribution in [-0.4, -0.2) is 29.0 Å². The maximum atomic E-state index is 10.3. The second-order valence-corrected chi connectivity index (χ2v) is 7.54. The smallest absolute Gasteiger partial charge is 0.143 e. The lowest BCUT2D eigenvalue weighted by Crippen LogP contribution is -2.35. The van der Waals surface area contributed by atoms with E-state index in [2.05, 4.69) is 36.4 Å². The molecule has 1 aliphatic rings. The second kappa shape index (κ2) is 8.27. The molecule has 0 aromatic heterocycles. The van der Waals surface area contributed by atoms with E-state index in [0.29, 0.717) is 19.4 Å². The van der Waals surface area contributed by atoms with Crippen LogP contribution < -0.4 is 0 Å². The minimum absolute atomic E-state index is 0.0782. The number of rotatable bonds is 6. The first kappa shape index (κ1) is 18.9. The molecule has 0 spiro atoms. The Labute approximate surface area is 166 Å². The van der Waals surface area contributed by atoms with Crippen molar-refractivity contribution < 1.29 is 14.9 Å². The van der Waals surface area contributed by atoms with E-state index in [9.17, 15) is 10.2 Å². The van der Waals surface area contributed by atoms with E-state index < -0.39 is 17.8 Å². The van der Waals surface area contributed by atoms with Crippen LogP contribution in [0.5, 0.6) is 0 Å². The summed E-state index contributed by atoms with van der Waals surface area (Å²) < 4.78 is 6.72. The van der Waals surface area contributed by atoms with Crippen LogP contribution in [0.1, 0.15) is 29.5 Å². The van der Waals surface area contributed by atoms with Crippen molar-refractivity contribution in [2.45, 2.75) is 30.7 Å². The maximum absolute atomic E-state index is 10.3. The Morgan fingerprint density at radius 3 is 1.46 bits per heavy atom. The summed E-state index contributed by atoms with van der Waals surface area (Å²) in [6, 6.07) is 30.6. The van der Waals surface area contributed by atoms with E-state index in [1.54, 1.807) is 0 Å². The van der Waals surface area contributed by atoms with Crippen molar-refractivity contribution in [3.63, 3.8) is 0 Å². The van der Waals surface area contributed by atoms with E-state index in [0.717, 1.165) is 16.7 Å². The number of hydrogen-bond donors (Lipinski definition) is 2. The van der Waals surface area contributed by atoms with E-state index in [1.807, 2.05) is 54.6 Å². The molecule has 0 amide bonds. The average Bonchev–Trinajstić information content (AvgIpc) is 3.08. The fourth-order valence-electron chi connectivity index (χ4n) is 4.25. The average molecular weight is 374 g/mol. The normalized spacial score (nSPS) is 22.3. The van der Waals surface area contributed by atoms with Crippen LogP contribution in [0.4, 0.5) is 0 Å². The molecule has 28 heavy (non-hydrogen) atoms. The quantitative estimate of drug-likeness (QED) is 0.638. The van der Waals surface area contributed by atoms with Crippen LogP contribution in [0, 0.1) is 5.92 Å². The molecule has 0 unspecified atom stereocenters. The predicted octanol–water partition coefficient (Wildman–Crippen LogP) is 4.13. The highest BCUT2D eigenvalue weighted by atomic mass is 16.5. The number of hydrogen-bond acceptors (Lipinski definition) is 3. The van der Waals surface area contributed by atoms with Gasteiger partial charge in [-0.1, -0.05) is 91.0 Å². The Morgan fingerprint density at radius 2 is 1.11 bits per heavy atom. The van der Waals surface area contributed by atoms with Gasteiger partial charge >= 0.3 is 0 Å². The molecule has 3 nitrogen and oxygen atoms in total. The van der Waals surface area contributed by atoms with Gasteiger partial charge in [0.25, 0.3) is 0 Å². The van der Waals surface area contributed by atoms with Crippen molar-refractivity contribution in [1.29, 1.82) is 0 Å². The molecule has 0 saturated heterocycles. The molecule has 1 fully saturated rings. The summed E-state index contributed by atoms with van der Waals surface area (Å²) in [5.41, 5.74) is 2.35. The lowest BCUT2D eigenvalue weighted by molar-refractivity contribution is -0.0298. The molecule has 0 aliphatic heterocycles. The second-order valence-electron chi connectivity index (χ2n) is 7.54. The Hall–Kier alpha value is -2.46. The van der Waals surface area contributed by atoms with Gasteiger partial charge in [-0.2, -0.15) is 0 Å². The minimum atomic E-state index is -0.781. The Kier molecular flexibility index (Phi) is 5.58. The Morgan fingerprint density at radius 1 is 0.679 bits per heavy atom. The molecular weight excluding hydrogens is 348 g/mol. The molecule has 1 saturated carbocycles. The summed E-state index contributed by atoms with van der Waals surface area (Å²) in [4.78, 5) is 0. The molecule has 2 N–H and O–H groups in total. The van der Waals surface area contributed by atoms with Gasteiger partial charge in [-0.05, 0) is 29.5 Å². The fourth-order valence-corrected chi connectivity index (χ4v) is 4.25. The number of ether oxygens (including phenoxy) is 1. The van der Waals surface area contributed by atoms with Crippen molar-refractivity contribution in [2.75, 3.05) is 6.61 Å². The number of aliphatic hydroxyl groups excluding tert-OH is 2. The minimum Gasteiger partial charge on any atom is -0.393 e. The molecule has 1 aliphatic carbocycles. The summed E-state index contributed by atoms with van der Waals surface area (Å²) in [5.74, 6) is -0.0782. The van der Waals surface area contributed by atoms with Crippen LogP contribution in [-0.2, 0) is 10.3 Å². The molecule has 3 atom stereocenters. The molecule has 4 rings (SSSR count). The third-order valence-corrected chi connectivity index (χ3v) is 5.69. The van der Waals surface area contributed by atoms with Crippen LogP contribution >= 0.6 is 0 Å². The first-order chi connectivity index (χ1) is 13.7. The zero-order valence-electron chi connectivity index (χ0n) is 15.8. The SMILES string of the molecule is O[C@@H]1C[C@@H](COC(c2ccccc2)(c2ccccc2)c2ccccc2)[C@H](O)C1. The van der Waals surface area contributed by atoms with Crippen molar-refractivity contribution in [2.24, 2.45) is 5.92 Å². The highest BCUT2D eigenvalue weighted by Crippen LogP contribution is 2.41. The lowest BCUT2D eigenvalue weighted by atomic mass is 9.80. The van der Waals surface area contributed by atoms with Gasteiger partial charge in [0.2, 0.25) is 0 Å². The van der Waals surface area contributed by atoms with Crippen molar-refractivity contribution in [3.8, 4) is 0 Å². The lowest BCUT2D eigenvalue weighted by Gasteiger charge is -2.37. The highest BCUT2D eigenvalue weighted by Gasteiger charge is 2.40. The molecule has 0 radical (unpaired) electrons. The van der Waals surface area contributed by atoms with Crippen molar-refractivity contribution in [3.05, 3.63) is 108 Å². The standard InChI is InChI=1S/C25H26O3/c26-23-16-19(24(27)17-23)18-28-25(20-10-4-1-5-11-20,21-12-6-2-7-13-21)22-14-8-3-9-15-22/h1-15,19,23-24,26-27H,16-18H2/t19-,23+,24+/m0/s1. The van der Waals surface area contributed by atoms with E-state index in [-0.39, 0.29) is 5.92 Å². The monoisotopic (exact) mass is 374 g/mol. The third kappa shape index (κ3) is 3.61. The van der Waals surface area contributed by atoms with Gasteiger partial charge in [0.15, 0.2) is 0 Å². The summed E-state index contributed by atoms with van der Waals surface area (Å²) in [6.07, 6.45) is -0.00301. The maximum Gasteiger partial charge on any atom is 0.143 e. The van der Waals surface area contributed by atoms with Crippen LogP contribution in [0.15, 0.2) is 91.0 Å². The third-order valence-electron chi connectivity index (χ3n) is 5.69. The van der Waals surface area contributed by atoms with Crippen molar-refractivity contribution >= 4 is 0 Å². The topological polar surface area (TPSA) is 49.7 Å². The first-order valence-corrected chi connectivity index (χ1v) is 9.87. The first-order valence-electron chi connectivity index (χ1n) is 9.87. The van der Waals surface area contributed by atoms with E-state index >= 15 is 0 Å². The van der Waals surface area contributed by atoms with E-state index in [4.69, 9.17) is 4.74 Å².